The number of aromatic nitrogens is 2. The SMILES string of the molecule is CCCc1nc(NN)c(C)c(N(C)Cc2ccccc2)n1. The predicted octanol–water partition coefficient (Wildman–Crippen LogP) is 2.66. The molecule has 112 valence electrons. The lowest BCUT2D eigenvalue weighted by molar-refractivity contribution is 0.806. The molecule has 0 fully saturated rings. The van der Waals surface area contributed by atoms with Gasteiger partial charge in [-0.25, -0.2) is 15.8 Å². The molecule has 0 saturated carbocycles. The van der Waals surface area contributed by atoms with Crippen LogP contribution in [-0.4, -0.2) is 17.0 Å². The molecule has 2 aromatic rings. The largest absolute Gasteiger partial charge is 0.355 e. The predicted molar refractivity (Wildman–Crippen MR) is 87.1 cm³/mol. The van der Waals surface area contributed by atoms with Crippen molar-refractivity contribution in [2.45, 2.75) is 33.2 Å². The van der Waals surface area contributed by atoms with Crippen LogP contribution in [0.1, 0.15) is 30.3 Å². The van der Waals surface area contributed by atoms with Crippen LogP contribution in [0.5, 0.6) is 0 Å². The number of nitrogen functional groups attached to an aromatic ring is 1. The Bertz CT molecular complexity index is 583. The molecular formula is C16H23N5. The normalized spacial score (nSPS) is 10.5. The summed E-state index contributed by atoms with van der Waals surface area (Å²) < 4.78 is 0. The molecule has 5 nitrogen and oxygen atoms in total. The van der Waals surface area contributed by atoms with Gasteiger partial charge in [0.25, 0.3) is 0 Å². The first-order valence-electron chi connectivity index (χ1n) is 7.25. The molecule has 1 heterocycles. The number of hydrogen-bond acceptors (Lipinski definition) is 5. The van der Waals surface area contributed by atoms with Gasteiger partial charge in [0.05, 0.1) is 0 Å². The number of anilines is 2. The maximum atomic E-state index is 5.58. The number of nitrogens with one attached hydrogen (secondary N) is 1. The summed E-state index contributed by atoms with van der Waals surface area (Å²) in [5.41, 5.74) is 4.89. The second-order valence-electron chi connectivity index (χ2n) is 5.17. The third-order valence-electron chi connectivity index (χ3n) is 3.40. The Balaban J connectivity index is 2.30. The Kier molecular flexibility index (Phi) is 5.11. The van der Waals surface area contributed by atoms with E-state index in [2.05, 4.69) is 39.4 Å². The molecule has 0 aliphatic rings. The highest BCUT2D eigenvalue weighted by Gasteiger charge is 2.13. The van der Waals surface area contributed by atoms with E-state index in [4.69, 9.17) is 5.84 Å². The Morgan fingerprint density at radius 3 is 2.52 bits per heavy atom. The smallest absolute Gasteiger partial charge is 0.148 e. The van der Waals surface area contributed by atoms with E-state index >= 15 is 0 Å². The second kappa shape index (κ2) is 7.04. The van der Waals surface area contributed by atoms with Gasteiger partial charge in [-0.05, 0) is 18.9 Å². The molecule has 0 aliphatic heterocycles. The molecule has 3 N–H and O–H groups in total. The van der Waals surface area contributed by atoms with E-state index < -0.39 is 0 Å². The van der Waals surface area contributed by atoms with Gasteiger partial charge in [0.2, 0.25) is 0 Å². The van der Waals surface area contributed by atoms with E-state index in [1.807, 2.05) is 32.2 Å². The van der Waals surface area contributed by atoms with Crippen LogP contribution in [0, 0.1) is 6.92 Å². The quantitative estimate of drug-likeness (QED) is 0.631. The first kappa shape index (κ1) is 15.3. The minimum Gasteiger partial charge on any atom is -0.355 e. The van der Waals surface area contributed by atoms with Crippen molar-refractivity contribution in [2.75, 3.05) is 17.4 Å². The number of hydrazine groups is 1. The molecule has 0 bridgehead atoms. The van der Waals surface area contributed by atoms with Gasteiger partial charge in [-0.15, -0.1) is 0 Å². The fraction of sp³-hybridized carbons (Fsp3) is 0.375. The van der Waals surface area contributed by atoms with Gasteiger partial charge in [-0.1, -0.05) is 37.3 Å². The van der Waals surface area contributed by atoms with Crippen molar-refractivity contribution >= 4 is 11.6 Å². The number of aryl methyl sites for hydroxylation is 1. The Hall–Kier alpha value is -2.14. The number of benzene rings is 1. The van der Waals surface area contributed by atoms with Crippen molar-refractivity contribution in [3.05, 3.63) is 47.3 Å². The van der Waals surface area contributed by atoms with E-state index in [9.17, 15) is 0 Å². The van der Waals surface area contributed by atoms with Crippen molar-refractivity contribution in [2.24, 2.45) is 5.84 Å². The average Bonchev–Trinajstić information content (AvgIpc) is 2.50. The van der Waals surface area contributed by atoms with E-state index in [1.54, 1.807) is 0 Å². The monoisotopic (exact) mass is 285 g/mol. The maximum Gasteiger partial charge on any atom is 0.148 e. The third kappa shape index (κ3) is 3.70. The second-order valence-corrected chi connectivity index (χ2v) is 5.17. The van der Waals surface area contributed by atoms with Gasteiger partial charge in [-0.2, -0.15) is 0 Å². The highest BCUT2D eigenvalue weighted by molar-refractivity contribution is 5.58. The highest BCUT2D eigenvalue weighted by atomic mass is 15.3. The lowest BCUT2D eigenvalue weighted by atomic mass is 10.2. The zero-order valence-electron chi connectivity index (χ0n) is 12.9. The molecule has 0 saturated heterocycles. The van der Waals surface area contributed by atoms with Crippen molar-refractivity contribution in [1.29, 1.82) is 0 Å². The molecule has 2 rings (SSSR count). The topological polar surface area (TPSA) is 67.1 Å². The summed E-state index contributed by atoms with van der Waals surface area (Å²) >= 11 is 0. The lowest BCUT2D eigenvalue weighted by Gasteiger charge is -2.22. The van der Waals surface area contributed by atoms with Crippen molar-refractivity contribution in [3.8, 4) is 0 Å². The van der Waals surface area contributed by atoms with Crippen LogP contribution in [0.15, 0.2) is 30.3 Å². The average molecular weight is 285 g/mol. The van der Waals surface area contributed by atoms with E-state index in [1.165, 1.54) is 5.56 Å². The summed E-state index contributed by atoms with van der Waals surface area (Å²) in [6.45, 7) is 4.90. The van der Waals surface area contributed by atoms with Gasteiger partial charge in [-0.3, -0.25) is 0 Å². The van der Waals surface area contributed by atoms with E-state index in [-0.39, 0.29) is 0 Å². The zero-order valence-corrected chi connectivity index (χ0v) is 12.9. The minimum atomic E-state index is 0.698. The molecular weight excluding hydrogens is 262 g/mol. The van der Waals surface area contributed by atoms with Gasteiger partial charge in [0.15, 0.2) is 0 Å². The molecule has 0 unspecified atom stereocenters. The van der Waals surface area contributed by atoms with Gasteiger partial charge < -0.3 is 10.3 Å². The molecule has 1 aromatic carbocycles. The Labute approximate surface area is 126 Å². The fourth-order valence-electron chi connectivity index (χ4n) is 2.33. The van der Waals surface area contributed by atoms with Crippen LogP contribution in [0.2, 0.25) is 0 Å². The summed E-state index contributed by atoms with van der Waals surface area (Å²) in [5.74, 6) is 8.02. The molecule has 0 radical (unpaired) electrons. The summed E-state index contributed by atoms with van der Waals surface area (Å²) in [7, 11) is 2.04. The van der Waals surface area contributed by atoms with Crippen molar-refractivity contribution in [3.63, 3.8) is 0 Å². The molecule has 0 spiro atoms. The Morgan fingerprint density at radius 1 is 1.19 bits per heavy atom. The highest BCUT2D eigenvalue weighted by Crippen LogP contribution is 2.23. The molecule has 0 aliphatic carbocycles. The zero-order chi connectivity index (χ0) is 15.2. The molecule has 0 amide bonds. The van der Waals surface area contributed by atoms with Crippen LogP contribution in [0.25, 0.3) is 0 Å². The van der Waals surface area contributed by atoms with Crippen molar-refractivity contribution in [1.82, 2.24) is 9.97 Å². The van der Waals surface area contributed by atoms with Crippen LogP contribution in [0.3, 0.4) is 0 Å². The number of hydrogen-bond donors (Lipinski definition) is 2. The van der Waals surface area contributed by atoms with E-state index in [0.717, 1.165) is 36.6 Å². The number of nitrogens with two attached hydrogens (primary N) is 1. The van der Waals surface area contributed by atoms with Crippen LogP contribution >= 0.6 is 0 Å². The lowest BCUT2D eigenvalue weighted by Crippen LogP contribution is -2.22. The first-order chi connectivity index (χ1) is 10.2. The van der Waals surface area contributed by atoms with Gasteiger partial charge in [0.1, 0.15) is 17.5 Å². The standard InChI is InChI=1S/C16H23N5/c1-4-8-14-18-15(20-17)12(2)16(19-14)21(3)11-13-9-6-5-7-10-13/h5-7,9-10H,4,8,11,17H2,1-3H3,(H,18,19,20). The third-order valence-corrected chi connectivity index (χ3v) is 3.40. The number of nitrogens with zero attached hydrogens (tertiary/aromatic N) is 3. The van der Waals surface area contributed by atoms with Gasteiger partial charge >= 0.3 is 0 Å². The molecule has 1 aromatic heterocycles. The molecule has 21 heavy (non-hydrogen) atoms. The van der Waals surface area contributed by atoms with Crippen LogP contribution in [-0.2, 0) is 13.0 Å². The van der Waals surface area contributed by atoms with Crippen molar-refractivity contribution < 1.29 is 0 Å². The molecule has 0 atom stereocenters. The van der Waals surface area contributed by atoms with Crippen LogP contribution < -0.4 is 16.2 Å². The number of rotatable bonds is 6. The summed E-state index contributed by atoms with van der Waals surface area (Å²) in [6, 6.07) is 10.3. The Morgan fingerprint density at radius 2 is 1.90 bits per heavy atom. The minimum absolute atomic E-state index is 0.698. The summed E-state index contributed by atoms with van der Waals surface area (Å²) in [6.07, 6.45) is 1.86. The maximum absolute atomic E-state index is 5.58. The first-order valence-corrected chi connectivity index (χ1v) is 7.25. The van der Waals surface area contributed by atoms with Gasteiger partial charge in [0, 0.05) is 25.6 Å². The summed E-state index contributed by atoms with van der Waals surface area (Å²) in [4.78, 5) is 11.3. The fourth-order valence-corrected chi connectivity index (χ4v) is 2.33. The van der Waals surface area contributed by atoms with E-state index in [0.29, 0.717) is 5.82 Å². The molecule has 5 heteroatoms. The van der Waals surface area contributed by atoms with Crippen LogP contribution in [0.4, 0.5) is 11.6 Å². The summed E-state index contributed by atoms with van der Waals surface area (Å²) in [5, 5.41) is 0.